The van der Waals surface area contributed by atoms with Crippen molar-refractivity contribution >= 4 is 39.9 Å². The van der Waals surface area contributed by atoms with Gasteiger partial charge < -0.3 is 4.74 Å². The smallest absolute Gasteiger partial charge is 0.257 e. The largest absolute Gasteiger partial charge is 0.497 e. The maximum absolute atomic E-state index is 12.6. The number of ether oxygens (including phenoxy) is 1. The van der Waals surface area contributed by atoms with Gasteiger partial charge in [0.1, 0.15) is 5.75 Å². The van der Waals surface area contributed by atoms with Gasteiger partial charge in [0.05, 0.1) is 18.5 Å². The fraction of sp³-hybridized carbons (Fsp3) is 0.143. The minimum Gasteiger partial charge on any atom is -0.497 e. The first kappa shape index (κ1) is 18.8. The Bertz CT molecular complexity index is 1090. The van der Waals surface area contributed by atoms with Gasteiger partial charge in [0.2, 0.25) is 11.8 Å². The highest BCUT2D eigenvalue weighted by Crippen LogP contribution is 2.28. The highest BCUT2D eigenvalue weighted by Gasteiger charge is 2.30. The van der Waals surface area contributed by atoms with E-state index in [1.165, 1.54) is 17.4 Å². The van der Waals surface area contributed by atoms with Crippen molar-refractivity contribution < 1.29 is 19.1 Å². The van der Waals surface area contributed by atoms with E-state index in [4.69, 9.17) is 4.74 Å². The molecule has 4 rings (SSSR count). The number of thiazole rings is 1. The van der Waals surface area contributed by atoms with Crippen LogP contribution in [0.5, 0.6) is 5.75 Å². The predicted molar refractivity (Wildman–Crippen MR) is 110 cm³/mol. The van der Waals surface area contributed by atoms with Gasteiger partial charge in [0.25, 0.3) is 5.91 Å². The van der Waals surface area contributed by atoms with E-state index >= 15 is 0 Å². The molecule has 0 saturated carbocycles. The fourth-order valence-corrected chi connectivity index (χ4v) is 3.78. The van der Waals surface area contributed by atoms with Crippen molar-refractivity contribution in [2.24, 2.45) is 0 Å². The zero-order valence-electron chi connectivity index (χ0n) is 15.5. The van der Waals surface area contributed by atoms with Crippen LogP contribution in [0.1, 0.15) is 23.2 Å². The number of aromatic nitrogens is 1. The van der Waals surface area contributed by atoms with Crippen LogP contribution in [0.3, 0.4) is 0 Å². The van der Waals surface area contributed by atoms with Crippen LogP contribution in [-0.4, -0.2) is 29.8 Å². The number of rotatable bonds is 5. The van der Waals surface area contributed by atoms with E-state index in [0.717, 1.165) is 21.9 Å². The summed E-state index contributed by atoms with van der Waals surface area (Å²) in [7, 11) is 1.60. The number of anilines is 2. The number of carbonyl (C=O) groups excluding carboxylic acids is 3. The van der Waals surface area contributed by atoms with Gasteiger partial charge in [-0.3, -0.25) is 24.6 Å². The van der Waals surface area contributed by atoms with Crippen molar-refractivity contribution in [1.82, 2.24) is 4.98 Å². The SMILES string of the molecule is COc1cccc(-c2csc(NC(=O)c3cccc(N4C(=O)CCC4=O)c3)n2)c1. The van der Waals surface area contributed by atoms with E-state index in [1.54, 1.807) is 25.3 Å². The first-order valence-corrected chi connectivity index (χ1v) is 9.80. The third kappa shape index (κ3) is 3.88. The summed E-state index contributed by atoms with van der Waals surface area (Å²) in [5, 5.41) is 5.07. The minimum absolute atomic E-state index is 0.196. The molecule has 2 heterocycles. The summed E-state index contributed by atoms with van der Waals surface area (Å²) in [4.78, 5) is 42.1. The Labute approximate surface area is 170 Å². The van der Waals surface area contributed by atoms with E-state index in [0.29, 0.717) is 16.4 Å². The standard InChI is InChI=1S/C21H17N3O4S/c1-28-16-7-3-4-13(11-16)17-12-29-21(22-17)23-20(27)14-5-2-6-15(10-14)24-18(25)8-9-19(24)26/h2-7,10-12H,8-9H2,1H3,(H,22,23,27). The van der Waals surface area contributed by atoms with Crippen molar-refractivity contribution in [3.05, 3.63) is 59.5 Å². The van der Waals surface area contributed by atoms with Gasteiger partial charge in [0.15, 0.2) is 5.13 Å². The molecule has 1 aromatic heterocycles. The van der Waals surface area contributed by atoms with Crippen LogP contribution in [0, 0.1) is 0 Å². The van der Waals surface area contributed by atoms with Gasteiger partial charge in [0, 0.05) is 29.3 Å². The molecule has 1 saturated heterocycles. The van der Waals surface area contributed by atoms with E-state index in [9.17, 15) is 14.4 Å². The molecule has 1 aliphatic heterocycles. The Morgan fingerprint density at radius 1 is 1.10 bits per heavy atom. The number of carbonyl (C=O) groups is 3. The molecule has 1 fully saturated rings. The van der Waals surface area contributed by atoms with Crippen molar-refractivity contribution in [2.75, 3.05) is 17.3 Å². The molecule has 0 atom stereocenters. The van der Waals surface area contributed by atoms with Crippen LogP contribution >= 0.6 is 11.3 Å². The summed E-state index contributed by atoms with van der Waals surface area (Å²) in [6.07, 6.45) is 0.392. The van der Waals surface area contributed by atoms with Gasteiger partial charge in [-0.2, -0.15) is 0 Å². The quantitative estimate of drug-likeness (QED) is 0.651. The third-order valence-electron chi connectivity index (χ3n) is 4.51. The fourth-order valence-electron chi connectivity index (χ4n) is 3.07. The van der Waals surface area contributed by atoms with Crippen LogP contribution in [0.25, 0.3) is 11.3 Å². The first-order valence-electron chi connectivity index (χ1n) is 8.92. The lowest BCUT2D eigenvalue weighted by Gasteiger charge is -2.14. The van der Waals surface area contributed by atoms with E-state index in [2.05, 4.69) is 10.3 Å². The van der Waals surface area contributed by atoms with Crippen LogP contribution in [-0.2, 0) is 9.59 Å². The summed E-state index contributed by atoms with van der Waals surface area (Å²) in [5.41, 5.74) is 2.36. The first-order chi connectivity index (χ1) is 14.0. The predicted octanol–water partition coefficient (Wildman–Crippen LogP) is 3.72. The number of amides is 3. The molecular weight excluding hydrogens is 390 g/mol. The van der Waals surface area contributed by atoms with Gasteiger partial charge in [-0.25, -0.2) is 4.98 Å². The summed E-state index contributed by atoms with van der Waals surface area (Å²) in [6.45, 7) is 0. The lowest BCUT2D eigenvalue weighted by Crippen LogP contribution is -2.28. The second-order valence-corrected chi connectivity index (χ2v) is 7.26. The van der Waals surface area contributed by atoms with Gasteiger partial charge in [-0.05, 0) is 30.3 Å². The molecule has 3 aromatic rings. The maximum Gasteiger partial charge on any atom is 0.257 e. The Hall–Kier alpha value is -3.52. The molecule has 146 valence electrons. The third-order valence-corrected chi connectivity index (χ3v) is 5.27. The Morgan fingerprint density at radius 3 is 2.62 bits per heavy atom. The van der Waals surface area contributed by atoms with Gasteiger partial charge in [-0.1, -0.05) is 18.2 Å². The molecule has 3 amide bonds. The summed E-state index contributed by atoms with van der Waals surface area (Å²) >= 11 is 1.31. The number of nitrogens with one attached hydrogen (secondary N) is 1. The minimum atomic E-state index is -0.363. The van der Waals surface area contributed by atoms with Crippen molar-refractivity contribution in [3.63, 3.8) is 0 Å². The number of methoxy groups -OCH3 is 1. The average Bonchev–Trinajstić information content (AvgIpc) is 3.34. The normalized spacial score (nSPS) is 13.6. The van der Waals surface area contributed by atoms with Crippen LogP contribution < -0.4 is 15.0 Å². The molecule has 29 heavy (non-hydrogen) atoms. The molecule has 0 unspecified atom stereocenters. The Balaban J connectivity index is 1.52. The monoisotopic (exact) mass is 407 g/mol. The molecule has 0 spiro atoms. The number of hydrogen-bond donors (Lipinski definition) is 1. The number of imide groups is 1. The Morgan fingerprint density at radius 2 is 1.86 bits per heavy atom. The maximum atomic E-state index is 12.6. The summed E-state index contributed by atoms with van der Waals surface area (Å²) in [5.74, 6) is -0.146. The molecule has 1 aliphatic rings. The molecule has 0 radical (unpaired) electrons. The summed E-state index contributed by atoms with van der Waals surface area (Å²) < 4.78 is 5.23. The molecule has 0 bridgehead atoms. The van der Waals surface area contributed by atoms with E-state index in [1.807, 2.05) is 29.6 Å². The molecule has 8 heteroatoms. The van der Waals surface area contributed by atoms with Crippen molar-refractivity contribution in [3.8, 4) is 17.0 Å². The highest BCUT2D eigenvalue weighted by atomic mass is 32.1. The van der Waals surface area contributed by atoms with Crippen LogP contribution in [0.4, 0.5) is 10.8 Å². The molecule has 2 aromatic carbocycles. The second-order valence-electron chi connectivity index (χ2n) is 6.40. The molecule has 7 nitrogen and oxygen atoms in total. The number of benzene rings is 2. The van der Waals surface area contributed by atoms with Crippen LogP contribution in [0.2, 0.25) is 0 Å². The van der Waals surface area contributed by atoms with Crippen molar-refractivity contribution in [2.45, 2.75) is 12.8 Å². The van der Waals surface area contributed by atoms with Gasteiger partial charge >= 0.3 is 0 Å². The topological polar surface area (TPSA) is 88.6 Å². The van der Waals surface area contributed by atoms with Crippen molar-refractivity contribution in [1.29, 1.82) is 0 Å². The highest BCUT2D eigenvalue weighted by molar-refractivity contribution is 7.14. The van der Waals surface area contributed by atoms with E-state index < -0.39 is 0 Å². The van der Waals surface area contributed by atoms with E-state index in [-0.39, 0.29) is 30.6 Å². The number of hydrogen-bond acceptors (Lipinski definition) is 6. The summed E-state index contributed by atoms with van der Waals surface area (Å²) in [6, 6.07) is 14.0. The second kappa shape index (κ2) is 7.84. The van der Waals surface area contributed by atoms with Crippen LogP contribution in [0.15, 0.2) is 53.9 Å². The lowest BCUT2D eigenvalue weighted by molar-refractivity contribution is -0.121. The molecule has 0 aliphatic carbocycles. The average molecular weight is 407 g/mol. The zero-order chi connectivity index (χ0) is 20.4. The van der Waals surface area contributed by atoms with Gasteiger partial charge in [-0.15, -0.1) is 11.3 Å². The number of nitrogens with zero attached hydrogens (tertiary/aromatic N) is 2. The zero-order valence-corrected chi connectivity index (χ0v) is 16.4. The molecular formula is C21H17N3O4S. The molecule has 1 N–H and O–H groups in total. The Kier molecular flexibility index (Phi) is 5.09. The lowest BCUT2D eigenvalue weighted by atomic mass is 10.1.